The number of carbonyl (C=O) groups excluding carboxylic acids is 1. The molecule has 0 radical (unpaired) electrons. The lowest BCUT2D eigenvalue weighted by Crippen LogP contribution is -2.37. The van der Waals surface area contributed by atoms with E-state index in [0.717, 1.165) is 12.1 Å². The summed E-state index contributed by atoms with van der Waals surface area (Å²) in [4.78, 5) is 11.6. The van der Waals surface area contributed by atoms with E-state index in [4.69, 9.17) is 5.73 Å². The average molecular weight is 328 g/mol. The Morgan fingerprint density at radius 2 is 1.67 bits per heavy atom. The molecule has 1 aromatic carbocycles. The summed E-state index contributed by atoms with van der Waals surface area (Å²) in [6, 6.07) is 4.36. The van der Waals surface area contributed by atoms with Gasteiger partial charge in [-0.05, 0) is 31.5 Å². The number of halogens is 4. The molecule has 0 fully saturated rings. The first-order chi connectivity index (χ1) is 9.08. The number of nitrogens with two attached hydrogens (primary N) is 1. The van der Waals surface area contributed by atoms with Gasteiger partial charge in [-0.15, -0.1) is 25.6 Å². The van der Waals surface area contributed by atoms with Gasteiger partial charge in [-0.25, -0.2) is 0 Å². The molecule has 0 amide bonds. The highest BCUT2D eigenvalue weighted by Crippen LogP contribution is 2.33. The van der Waals surface area contributed by atoms with Crippen LogP contribution in [0, 0.1) is 5.41 Å². The van der Waals surface area contributed by atoms with E-state index in [1.165, 1.54) is 19.2 Å². The molecule has 0 aliphatic heterocycles. The van der Waals surface area contributed by atoms with Crippen LogP contribution in [0.5, 0.6) is 5.75 Å². The minimum Gasteiger partial charge on any atom is -0.469 e. The maximum Gasteiger partial charge on any atom is 0.573 e. The lowest BCUT2D eigenvalue weighted by molar-refractivity contribution is -0.274. The molecule has 1 atom stereocenters. The molecule has 0 aliphatic carbocycles. The van der Waals surface area contributed by atoms with Crippen molar-refractivity contribution in [3.8, 4) is 5.75 Å². The first-order valence-electron chi connectivity index (χ1n) is 5.77. The van der Waals surface area contributed by atoms with Gasteiger partial charge < -0.3 is 15.2 Å². The molecule has 0 unspecified atom stereocenters. The molecule has 0 heterocycles. The fourth-order valence-corrected chi connectivity index (χ4v) is 1.68. The Labute approximate surface area is 126 Å². The highest BCUT2D eigenvalue weighted by Gasteiger charge is 2.37. The second-order valence-electron chi connectivity index (χ2n) is 4.81. The summed E-state index contributed by atoms with van der Waals surface area (Å²) in [6.07, 6.45) is -4.74. The van der Waals surface area contributed by atoms with Gasteiger partial charge in [-0.3, -0.25) is 4.79 Å². The number of benzene rings is 1. The fourth-order valence-electron chi connectivity index (χ4n) is 1.68. The molecular formula is C13H17ClF3NO3. The second kappa shape index (κ2) is 7.00. The normalized spacial score (nSPS) is 13.1. The Morgan fingerprint density at radius 1 is 1.19 bits per heavy atom. The lowest BCUT2D eigenvalue weighted by Gasteiger charge is -2.29. The van der Waals surface area contributed by atoms with Crippen LogP contribution < -0.4 is 10.5 Å². The van der Waals surface area contributed by atoms with Gasteiger partial charge in [0.15, 0.2) is 0 Å². The van der Waals surface area contributed by atoms with E-state index >= 15 is 0 Å². The van der Waals surface area contributed by atoms with Crippen LogP contribution in [0.25, 0.3) is 0 Å². The molecule has 0 bridgehead atoms. The van der Waals surface area contributed by atoms with Gasteiger partial charge >= 0.3 is 12.3 Å². The highest BCUT2D eigenvalue weighted by atomic mass is 35.5. The summed E-state index contributed by atoms with van der Waals surface area (Å²) < 4.78 is 44.5. The van der Waals surface area contributed by atoms with Gasteiger partial charge in [-0.1, -0.05) is 12.1 Å². The molecule has 1 rings (SSSR count). The number of esters is 1. The number of alkyl halides is 3. The van der Waals surface area contributed by atoms with Crippen molar-refractivity contribution in [1.82, 2.24) is 0 Å². The van der Waals surface area contributed by atoms with E-state index in [-0.39, 0.29) is 18.2 Å². The minimum absolute atomic E-state index is 0. The molecule has 1 aromatic rings. The highest BCUT2D eigenvalue weighted by molar-refractivity contribution is 5.85. The van der Waals surface area contributed by atoms with Crippen molar-refractivity contribution >= 4 is 18.4 Å². The molecule has 0 saturated carbocycles. The Bertz CT molecular complexity index is 475. The van der Waals surface area contributed by atoms with Gasteiger partial charge in [0, 0.05) is 6.04 Å². The molecule has 4 nitrogen and oxygen atoms in total. The number of methoxy groups -OCH3 is 1. The predicted molar refractivity (Wildman–Crippen MR) is 73.1 cm³/mol. The van der Waals surface area contributed by atoms with Crippen LogP contribution in [-0.4, -0.2) is 19.4 Å². The molecule has 0 aliphatic rings. The first-order valence-corrected chi connectivity index (χ1v) is 5.77. The molecule has 8 heteroatoms. The smallest absolute Gasteiger partial charge is 0.469 e. The fraction of sp³-hybridized carbons (Fsp3) is 0.462. The standard InChI is InChI=1S/C13H16F3NO3.ClH/c1-12(2,11(18)19-3)10(17)8-4-6-9(7-5-8)20-13(14,15)16;/h4-7,10H,17H2,1-3H3;1H/t10-;/m0./s1. The monoisotopic (exact) mass is 327 g/mol. The largest absolute Gasteiger partial charge is 0.573 e. The van der Waals surface area contributed by atoms with E-state index in [0.29, 0.717) is 5.56 Å². The molecule has 0 spiro atoms. The quantitative estimate of drug-likeness (QED) is 0.863. The Morgan fingerprint density at radius 3 is 2.05 bits per heavy atom. The minimum atomic E-state index is -4.74. The first kappa shape index (κ1) is 19.5. The topological polar surface area (TPSA) is 61.5 Å². The third kappa shape index (κ3) is 5.09. The zero-order valence-corrected chi connectivity index (χ0v) is 12.5. The van der Waals surface area contributed by atoms with Crippen molar-refractivity contribution in [1.29, 1.82) is 0 Å². The third-order valence-electron chi connectivity index (χ3n) is 2.96. The third-order valence-corrected chi connectivity index (χ3v) is 2.96. The SMILES string of the molecule is COC(=O)C(C)(C)[C@@H](N)c1ccc(OC(F)(F)F)cc1.Cl. The van der Waals surface area contributed by atoms with Crippen molar-refractivity contribution in [2.75, 3.05) is 7.11 Å². The zero-order chi connectivity index (χ0) is 15.6. The predicted octanol–water partition coefficient (Wildman–Crippen LogP) is 3.21. The van der Waals surface area contributed by atoms with E-state index < -0.39 is 23.8 Å². The number of hydrogen-bond acceptors (Lipinski definition) is 4. The summed E-state index contributed by atoms with van der Waals surface area (Å²) in [5.74, 6) is -0.843. The van der Waals surface area contributed by atoms with E-state index in [2.05, 4.69) is 9.47 Å². The molecule has 21 heavy (non-hydrogen) atoms. The van der Waals surface area contributed by atoms with E-state index in [9.17, 15) is 18.0 Å². The van der Waals surface area contributed by atoms with Gasteiger partial charge in [0.2, 0.25) is 0 Å². The van der Waals surface area contributed by atoms with Crippen LogP contribution in [0.2, 0.25) is 0 Å². The summed E-state index contributed by atoms with van der Waals surface area (Å²) in [6.45, 7) is 3.20. The zero-order valence-electron chi connectivity index (χ0n) is 11.7. The van der Waals surface area contributed by atoms with Crippen LogP contribution in [0.4, 0.5) is 13.2 Å². The van der Waals surface area contributed by atoms with Crippen molar-refractivity contribution < 1.29 is 27.4 Å². The lowest BCUT2D eigenvalue weighted by atomic mass is 9.81. The molecule has 0 aromatic heterocycles. The molecule has 120 valence electrons. The van der Waals surface area contributed by atoms with Crippen LogP contribution in [-0.2, 0) is 9.53 Å². The molecule has 0 saturated heterocycles. The Hall–Kier alpha value is -1.47. The summed E-state index contributed by atoms with van der Waals surface area (Å²) in [7, 11) is 1.25. The maximum atomic E-state index is 12.0. The molecule has 2 N–H and O–H groups in total. The van der Waals surface area contributed by atoms with Crippen LogP contribution in [0.15, 0.2) is 24.3 Å². The van der Waals surface area contributed by atoms with Gasteiger partial charge in [0.1, 0.15) is 5.75 Å². The Kier molecular flexibility index (Phi) is 6.51. The van der Waals surface area contributed by atoms with Gasteiger partial charge in [0.05, 0.1) is 12.5 Å². The van der Waals surface area contributed by atoms with Gasteiger partial charge in [-0.2, -0.15) is 0 Å². The van der Waals surface area contributed by atoms with Crippen LogP contribution in [0.1, 0.15) is 25.5 Å². The second-order valence-corrected chi connectivity index (χ2v) is 4.81. The van der Waals surface area contributed by atoms with Crippen molar-refractivity contribution in [2.24, 2.45) is 11.1 Å². The molecular weight excluding hydrogens is 311 g/mol. The van der Waals surface area contributed by atoms with Crippen LogP contribution in [0.3, 0.4) is 0 Å². The summed E-state index contributed by atoms with van der Waals surface area (Å²) >= 11 is 0. The van der Waals surface area contributed by atoms with Crippen LogP contribution >= 0.6 is 12.4 Å². The number of rotatable bonds is 4. The summed E-state index contributed by atoms with van der Waals surface area (Å²) in [5, 5.41) is 0. The number of hydrogen-bond donors (Lipinski definition) is 1. The van der Waals surface area contributed by atoms with E-state index in [1.54, 1.807) is 13.8 Å². The van der Waals surface area contributed by atoms with Crippen molar-refractivity contribution in [3.63, 3.8) is 0 Å². The van der Waals surface area contributed by atoms with Crippen molar-refractivity contribution in [3.05, 3.63) is 29.8 Å². The number of ether oxygens (including phenoxy) is 2. The van der Waals surface area contributed by atoms with Gasteiger partial charge in [0.25, 0.3) is 0 Å². The summed E-state index contributed by atoms with van der Waals surface area (Å²) in [5.41, 5.74) is 5.47. The average Bonchev–Trinajstić information content (AvgIpc) is 2.35. The maximum absolute atomic E-state index is 12.0. The van der Waals surface area contributed by atoms with Crippen molar-refractivity contribution in [2.45, 2.75) is 26.3 Å². The van der Waals surface area contributed by atoms with E-state index in [1.807, 2.05) is 0 Å². The number of carbonyl (C=O) groups is 1. The Balaban J connectivity index is 0.00000400.